The van der Waals surface area contributed by atoms with E-state index in [0.29, 0.717) is 13.0 Å². The minimum Gasteiger partial charge on any atom is -0.390 e. The standard InChI is InChI=1S/C16H26N2O3/c1-20-15-10-18(11-16(15)21-2)9-14(19)13(17)8-12-6-4-3-5-7-12/h3-7,13-16,19H,8-11,17H2,1-2H3. The second-order valence-corrected chi connectivity index (χ2v) is 5.69. The Morgan fingerprint density at radius 3 is 2.29 bits per heavy atom. The fourth-order valence-electron chi connectivity index (χ4n) is 2.84. The molecule has 0 aliphatic carbocycles. The number of benzene rings is 1. The molecule has 0 radical (unpaired) electrons. The highest BCUT2D eigenvalue weighted by Crippen LogP contribution is 2.16. The molecule has 1 aliphatic rings. The third kappa shape index (κ3) is 4.49. The number of nitrogens with zero attached hydrogens (tertiary/aromatic N) is 1. The molecule has 2 rings (SSSR count). The van der Waals surface area contributed by atoms with Crippen LogP contribution in [-0.2, 0) is 15.9 Å². The van der Waals surface area contributed by atoms with E-state index in [1.165, 1.54) is 0 Å². The lowest BCUT2D eigenvalue weighted by molar-refractivity contribution is -0.00461. The van der Waals surface area contributed by atoms with Crippen molar-refractivity contribution in [2.75, 3.05) is 33.9 Å². The average molecular weight is 294 g/mol. The zero-order valence-corrected chi connectivity index (χ0v) is 12.8. The van der Waals surface area contributed by atoms with Crippen molar-refractivity contribution < 1.29 is 14.6 Å². The number of rotatable bonds is 7. The first-order valence-electron chi connectivity index (χ1n) is 7.39. The van der Waals surface area contributed by atoms with Crippen molar-refractivity contribution >= 4 is 0 Å². The van der Waals surface area contributed by atoms with Gasteiger partial charge in [0.05, 0.1) is 18.3 Å². The number of aliphatic hydroxyl groups excluding tert-OH is 1. The van der Waals surface area contributed by atoms with Crippen LogP contribution >= 0.6 is 0 Å². The molecule has 4 atom stereocenters. The molecular formula is C16H26N2O3. The molecule has 0 amide bonds. The van der Waals surface area contributed by atoms with Crippen molar-refractivity contribution in [3.63, 3.8) is 0 Å². The van der Waals surface area contributed by atoms with Crippen molar-refractivity contribution in [2.45, 2.75) is 30.8 Å². The lowest BCUT2D eigenvalue weighted by Gasteiger charge is -2.24. The fraction of sp³-hybridized carbons (Fsp3) is 0.625. The zero-order valence-electron chi connectivity index (χ0n) is 12.8. The molecule has 4 unspecified atom stereocenters. The molecule has 0 saturated carbocycles. The van der Waals surface area contributed by atoms with Gasteiger partial charge >= 0.3 is 0 Å². The number of β-amino-alcohol motifs (C(OH)–C–C–N with tert-alkyl or cyclic N) is 1. The van der Waals surface area contributed by atoms with E-state index in [-0.39, 0.29) is 18.2 Å². The molecule has 21 heavy (non-hydrogen) atoms. The summed E-state index contributed by atoms with van der Waals surface area (Å²) in [6, 6.07) is 9.75. The van der Waals surface area contributed by atoms with Crippen molar-refractivity contribution in [3.05, 3.63) is 35.9 Å². The first kappa shape index (κ1) is 16.4. The maximum Gasteiger partial charge on any atom is 0.0971 e. The highest BCUT2D eigenvalue weighted by Gasteiger charge is 2.34. The van der Waals surface area contributed by atoms with Crippen molar-refractivity contribution in [1.29, 1.82) is 0 Å². The predicted molar refractivity (Wildman–Crippen MR) is 82.2 cm³/mol. The molecule has 1 saturated heterocycles. The minimum absolute atomic E-state index is 0.0625. The van der Waals surface area contributed by atoms with Gasteiger partial charge in [0, 0.05) is 39.9 Å². The summed E-state index contributed by atoms with van der Waals surface area (Å²) in [5, 5.41) is 10.3. The van der Waals surface area contributed by atoms with Crippen LogP contribution in [0.25, 0.3) is 0 Å². The molecule has 1 aliphatic heterocycles. The van der Waals surface area contributed by atoms with Gasteiger partial charge in [0.2, 0.25) is 0 Å². The Labute approximate surface area is 126 Å². The quantitative estimate of drug-likeness (QED) is 0.755. The van der Waals surface area contributed by atoms with Crippen LogP contribution in [0.15, 0.2) is 30.3 Å². The highest BCUT2D eigenvalue weighted by molar-refractivity contribution is 5.16. The van der Waals surface area contributed by atoms with Crippen LogP contribution in [0.3, 0.4) is 0 Å². The molecule has 1 heterocycles. The van der Waals surface area contributed by atoms with E-state index in [0.717, 1.165) is 18.7 Å². The lowest BCUT2D eigenvalue weighted by Crippen LogP contribution is -2.44. The van der Waals surface area contributed by atoms with Crippen LogP contribution in [-0.4, -0.2) is 68.2 Å². The summed E-state index contributed by atoms with van der Waals surface area (Å²) in [6.07, 6.45) is 0.246. The molecule has 3 N–H and O–H groups in total. The minimum atomic E-state index is -0.557. The smallest absolute Gasteiger partial charge is 0.0971 e. The Hall–Kier alpha value is -0.980. The summed E-state index contributed by atoms with van der Waals surface area (Å²) < 4.78 is 10.8. The van der Waals surface area contributed by atoms with Crippen molar-refractivity contribution in [3.8, 4) is 0 Å². The largest absolute Gasteiger partial charge is 0.390 e. The number of nitrogens with two attached hydrogens (primary N) is 1. The van der Waals surface area contributed by atoms with Gasteiger partial charge in [-0.15, -0.1) is 0 Å². The van der Waals surface area contributed by atoms with Crippen molar-refractivity contribution in [1.82, 2.24) is 4.90 Å². The summed E-state index contributed by atoms with van der Waals surface area (Å²) in [7, 11) is 3.38. The Kier molecular flexibility index (Phi) is 6.14. The molecule has 0 aromatic heterocycles. The molecule has 1 aromatic rings. The van der Waals surface area contributed by atoms with Crippen LogP contribution < -0.4 is 5.73 Å². The number of likely N-dealkylation sites (tertiary alicyclic amines) is 1. The molecule has 0 spiro atoms. The molecule has 1 aromatic carbocycles. The fourth-order valence-corrected chi connectivity index (χ4v) is 2.84. The Bertz CT molecular complexity index is 403. The highest BCUT2D eigenvalue weighted by atomic mass is 16.5. The molecule has 5 heteroatoms. The topological polar surface area (TPSA) is 68.0 Å². The Morgan fingerprint density at radius 2 is 1.76 bits per heavy atom. The van der Waals surface area contributed by atoms with Crippen LogP contribution in [0.4, 0.5) is 0 Å². The van der Waals surface area contributed by atoms with E-state index < -0.39 is 6.10 Å². The van der Waals surface area contributed by atoms with Gasteiger partial charge in [0.25, 0.3) is 0 Å². The maximum absolute atomic E-state index is 10.3. The predicted octanol–water partition coefficient (Wildman–Crippen LogP) is 0.263. The summed E-state index contributed by atoms with van der Waals surface area (Å²) in [5.74, 6) is 0. The Balaban J connectivity index is 1.82. The van der Waals surface area contributed by atoms with Gasteiger partial charge in [-0.3, -0.25) is 4.90 Å². The third-order valence-electron chi connectivity index (χ3n) is 4.15. The van der Waals surface area contributed by atoms with E-state index >= 15 is 0 Å². The van der Waals surface area contributed by atoms with Crippen molar-refractivity contribution in [2.24, 2.45) is 5.73 Å². The second kappa shape index (κ2) is 7.87. The average Bonchev–Trinajstić information content (AvgIpc) is 2.90. The van der Waals surface area contributed by atoms with Gasteiger partial charge < -0.3 is 20.3 Å². The molecular weight excluding hydrogens is 268 g/mol. The number of aliphatic hydroxyl groups is 1. The molecule has 1 fully saturated rings. The molecule has 118 valence electrons. The number of ether oxygens (including phenoxy) is 2. The van der Waals surface area contributed by atoms with E-state index in [9.17, 15) is 5.11 Å². The van der Waals surface area contributed by atoms with Gasteiger partial charge in [0.1, 0.15) is 0 Å². The summed E-state index contributed by atoms with van der Waals surface area (Å²) in [5.41, 5.74) is 7.27. The van der Waals surface area contributed by atoms with Gasteiger partial charge in [0.15, 0.2) is 0 Å². The number of hydrogen-bond donors (Lipinski definition) is 2. The van der Waals surface area contributed by atoms with Gasteiger partial charge in [-0.1, -0.05) is 30.3 Å². The van der Waals surface area contributed by atoms with E-state index in [2.05, 4.69) is 4.90 Å². The summed E-state index contributed by atoms with van der Waals surface area (Å²) >= 11 is 0. The normalized spacial score (nSPS) is 25.9. The first-order chi connectivity index (χ1) is 10.1. The lowest BCUT2D eigenvalue weighted by atomic mass is 10.0. The van der Waals surface area contributed by atoms with E-state index in [4.69, 9.17) is 15.2 Å². The monoisotopic (exact) mass is 294 g/mol. The SMILES string of the molecule is COC1CN(CC(O)C(N)Cc2ccccc2)CC1OC. The third-order valence-corrected chi connectivity index (χ3v) is 4.15. The Morgan fingerprint density at radius 1 is 1.19 bits per heavy atom. The van der Waals surface area contributed by atoms with Crippen LogP contribution in [0.5, 0.6) is 0 Å². The maximum atomic E-state index is 10.3. The van der Waals surface area contributed by atoms with E-state index in [1.54, 1.807) is 14.2 Å². The van der Waals surface area contributed by atoms with Crippen LogP contribution in [0.2, 0.25) is 0 Å². The number of methoxy groups -OCH3 is 2. The second-order valence-electron chi connectivity index (χ2n) is 5.69. The van der Waals surface area contributed by atoms with E-state index in [1.807, 2.05) is 30.3 Å². The summed E-state index contributed by atoms with van der Waals surface area (Å²) in [6.45, 7) is 2.09. The van der Waals surface area contributed by atoms with Gasteiger partial charge in [-0.2, -0.15) is 0 Å². The molecule has 0 bridgehead atoms. The van der Waals surface area contributed by atoms with Crippen LogP contribution in [0, 0.1) is 0 Å². The van der Waals surface area contributed by atoms with Gasteiger partial charge in [-0.05, 0) is 12.0 Å². The molecule has 5 nitrogen and oxygen atoms in total. The summed E-state index contributed by atoms with van der Waals surface area (Å²) in [4.78, 5) is 2.15. The van der Waals surface area contributed by atoms with Crippen LogP contribution in [0.1, 0.15) is 5.56 Å². The number of hydrogen-bond acceptors (Lipinski definition) is 5. The first-order valence-corrected chi connectivity index (χ1v) is 7.39. The van der Waals surface area contributed by atoms with Gasteiger partial charge in [-0.25, -0.2) is 0 Å². The zero-order chi connectivity index (χ0) is 15.2.